The van der Waals surface area contributed by atoms with Crippen LogP contribution in [-0.4, -0.2) is 27.7 Å². The molecule has 0 fully saturated rings. The first-order chi connectivity index (χ1) is 6.77. The van der Waals surface area contributed by atoms with Crippen molar-refractivity contribution in [2.24, 2.45) is 0 Å². The van der Waals surface area contributed by atoms with Crippen LogP contribution < -0.4 is 4.90 Å². The largest absolute Gasteiger partial charge is 0.364 e. The number of rotatable bonds is 5. The molecule has 0 unspecified atom stereocenters. The highest BCUT2D eigenvalue weighted by molar-refractivity contribution is 5.45. The van der Waals surface area contributed by atoms with E-state index in [9.17, 15) is 4.39 Å². The van der Waals surface area contributed by atoms with Crippen LogP contribution in [0.3, 0.4) is 0 Å². The Hall–Kier alpha value is -1.13. The number of hydrogen-bond donors (Lipinski definition) is 0. The molecule has 0 heterocycles. The summed E-state index contributed by atoms with van der Waals surface area (Å²) in [7, 11) is 3.21. The molecule has 1 rings (SSSR count). The van der Waals surface area contributed by atoms with Crippen molar-refractivity contribution in [3.63, 3.8) is 0 Å². The summed E-state index contributed by atoms with van der Waals surface area (Å²) in [6.07, 6.45) is 0. The smallest absolute Gasteiger partial charge is 0.123 e. The van der Waals surface area contributed by atoms with E-state index in [4.69, 9.17) is 9.47 Å². The zero-order valence-electron chi connectivity index (χ0n) is 8.37. The molecule has 0 radical (unpaired) electrons. The third-order valence-electron chi connectivity index (χ3n) is 1.76. The Morgan fingerprint density at radius 1 is 1.07 bits per heavy atom. The molecule has 4 heteroatoms. The Kier molecular flexibility index (Phi) is 4.35. The molecule has 0 aliphatic rings. The van der Waals surface area contributed by atoms with Gasteiger partial charge in [0.15, 0.2) is 0 Å². The van der Waals surface area contributed by atoms with Gasteiger partial charge in [-0.3, -0.25) is 0 Å². The van der Waals surface area contributed by atoms with Crippen LogP contribution in [0, 0.1) is 5.82 Å². The van der Waals surface area contributed by atoms with Gasteiger partial charge in [-0.25, -0.2) is 4.39 Å². The molecule has 0 spiro atoms. The predicted molar refractivity (Wildman–Crippen MR) is 52.6 cm³/mol. The molecule has 78 valence electrons. The van der Waals surface area contributed by atoms with Gasteiger partial charge in [0.1, 0.15) is 19.3 Å². The standard InChI is InChI=1S/C10H14FNO2/c1-13-7-12(8-14-2)10-5-3-9(11)4-6-10/h3-6H,7-8H2,1-2H3. The molecule has 0 N–H and O–H groups in total. The normalized spacial score (nSPS) is 10.2. The average Bonchev–Trinajstić information content (AvgIpc) is 2.19. The second kappa shape index (κ2) is 5.57. The number of nitrogens with zero attached hydrogens (tertiary/aromatic N) is 1. The Morgan fingerprint density at radius 3 is 2.00 bits per heavy atom. The molecular weight excluding hydrogens is 185 g/mol. The van der Waals surface area contributed by atoms with Crippen molar-refractivity contribution < 1.29 is 13.9 Å². The molecule has 14 heavy (non-hydrogen) atoms. The highest BCUT2D eigenvalue weighted by Crippen LogP contribution is 2.14. The van der Waals surface area contributed by atoms with Crippen LogP contribution in [0.4, 0.5) is 10.1 Å². The fourth-order valence-electron chi connectivity index (χ4n) is 1.15. The van der Waals surface area contributed by atoms with E-state index < -0.39 is 0 Å². The fourth-order valence-corrected chi connectivity index (χ4v) is 1.15. The summed E-state index contributed by atoms with van der Waals surface area (Å²) in [5.41, 5.74) is 0.870. The Bertz CT molecular complexity index is 257. The minimum atomic E-state index is -0.247. The van der Waals surface area contributed by atoms with E-state index in [1.807, 2.05) is 4.90 Å². The molecule has 0 aliphatic heterocycles. The molecule has 3 nitrogen and oxygen atoms in total. The van der Waals surface area contributed by atoms with Gasteiger partial charge in [-0.1, -0.05) is 0 Å². The first-order valence-corrected chi connectivity index (χ1v) is 4.26. The summed E-state index contributed by atoms with van der Waals surface area (Å²) < 4.78 is 22.6. The van der Waals surface area contributed by atoms with Crippen molar-refractivity contribution in [3.05, 3.63) is 30.1 Å². The van der Waals surface area contributed by atoms with Gasteiger partial charge in [0.05, 0.1) is 0 Å². The van der Waals surface area contributed by atoms with Crippen molar-refractivity contribution in [2.75, 3.05) is 32.6 Å². The SMILES string of the molecule is COCN(COC)c1ccc(F)cc1. The molecule has 0 atom stereocenters. The average molecular weight is 199 g/mol. The molecule has 0 saturated carbocycles. The zero-order chi connectivity index (χ0) is 10.4. The van der Waals surface area contributed by atoms with Crippen molar-refractivity contribution in [2.45, 2.75) is 0 Å². The lowest BCUT2D eigenvalue weighted by Crippen LogP contribution is -2.27. The Morgan fingerprint density at radius 2 is 1.57 bits per heavy atom. The third kappa shape index (κ3) is 2.97. The van der Waals surface area contributed by atoms with Crippen molar-refractivity contribution >= 4 is 5.69 Å². The quantitative estimate of drug-likeness (QED) is 0.675. The van der Waals surface area contributed by atoms with Gasteiger partial charge in [0.2, 0.25) is 0 Å². The monoisotopic (exact) mass is 199 g/mol. The Labute approximate surface area is 83.0 Å². The topological polar surface area (TPSA) is 21.7 Å². The van der Waals surface area contributed by atoms with Gasteiger partial charge in [-0.15, -0.1) is 0 Å². The molecule has 0 saturated heterocycles. The fraction of sp³-hybridized carbons (Fsp3) is 0.400. The number of benzene rings is 1. The first-order valence-electron chi connectivity index (χ1n) is 4.26. The van der Waals surface area contributed by atoms with E-state index in [0.717, 1.165) is 5.69 Å². The molecule has 0 aromatic heterocycles. The van der Waals surface area contributed by atoms with E-state index in [1.54, 1.807) is 26.4 Å². The van der Waals surface area contributed by atoms with Crippen LogP contribution >= 0.6 is 0 Å². The maximum absolute atomic E-state index is 12.6. The second-order valence-corrected chi connectivity index (χ2v) is 2.85. The van der Waals surface area contributed by atoms with Gasteiger partial charge in [-0.05, 0) is 24.3 Å². The van der Waals surface area contributed by atoms with E-state index in [-0.39, 0.29) is 5.82 Å². The van der Waals surface area contributed by atoms with Crippen LogP contribution in [0.1, 0.15) is 0 Å². The van der Waals surface area contributed by atoms with Gasteiger partial charge in [0, 0.05) is 19.9 Å². The van der Waals surface area contributed by atoms with Crippen LogP contribution in [-0.2, 0) is 9.47 Å². The minimum Gasteiger partial charge on any atom is -0.364 e. The van der Waals surface area contributed by atoms with Gasteiger partial charge < -0.3 is 14.4 Å². The Balaban J connectivity index is 2.71. The summed E-state index contributed by atoms with van der Waals surface area (Å²) in [5, 5.41) is 0. The van der Waals surface area contributed by atoms with E-state index in [0.29, 0.717) is 13.5 Å². The van der Waals surface area contributed by atoms with Crippen LogP contribution in [0.25, 0.3) is 0 Å². The van der Waals surface area contributed by atoms with Gasteiger partial charge >= 0.3 is 0 Å². The van der Waals surface area contributed by atoms with E-state index in [1.165, 1.54) is 12.1 Å². The first kappa shape index (κ1) is 10.9. The van der Waals surface area contributed by atoms with Crippen LogP contribution in [0.15, 0.2) is 24.3 Å². The van der Waals surface area contributed by atoms with Gasteiger partial charge in [-0.2, -0.15) is 0 Å². The number of anilines is 1. The third-order valence-corrected chi connectivity index (χ3v) is 1.76. The highest BCUT2D eigenvalue weighted by atomic mass is 19.1. The number of hydrogen-bond acceptors (Lipinski definition) is 3. The highest BCUT2D eigenvalue weighted by Gasteiger charge is 2.04. The van der Waals surface area contributed by atoms with Crippen LogP contribution in [0.2, 0.25) is 0 Å². The summed E-state index contributed by atoms with van der Waals surface area (Å²) in [4.78, 5) is 1.85. The van der Waals surface area contributed by atoms with E-state index >= 15 is 0 Å². The van der Waals surface area contributed by atoms with Crippen molar-refractivity contribution in [1.82, 2.24) is 0 Å². The maximum atomic E-state index is 12.6. The summed E-state index contributed by atoms with van der Waals surface area (Å²) >= 11 is 0. The number of ether oxygens (including phenoxy) is 2. The number of methoxy groups -OCH3 is 2. The van der Waals surface area contributed by atoms with Crippen molar-refractivity contribution in [1.29, 1.82) is 0 Å². The number of halogens is 1. The summed E-state index contributed by atoms with van der Waals surface area (Å²) in [6.45, 7) is 0.832. The van der Waals surface area contributed by atoms with Gasteiger partial charge in [0.25, 0.3) is 0 Å². The lowest BCUT2D eigenvalue weighted by atomic mass is 10.3. The second-order valence-electron chi connectivity index (χ2n) is 2.85. The predicted octanol–water partition coefficient (Wildman–Crippen LogP) is 1.84. The van der Waals surface area contributed by atoms with Crippen LogP contribution in [0.5, 0.6) is 0 Å². The maximum Gasteiger partial charge on any atom is 0.123 e. The molecule has 0 bridgehead atoms. The molecule has 1 aromatic rings. The molecule has 0 aliphatic carbocycles. The minimum absolute atomic E-state index is 0.247. The lowest BCUT2D eigenvalue weighted by molar-refractivity contribution is 0.140. The van der Waals surface area contributed by atoms with Crippen molar-refractivity contribution in [3.8, 4) is 0 Å². The molecular formula is C10H14FNO2. The summed E-state index contributed by atoms with van der Waals surface area (Å²) in [5.74, 6) is -0.247. The lowest BCUT2D eigenvalue weighted by Gasteiger charge is -2.22. The van der Waals surface area contributed by atoms with E-state index in [2.05, 4.69) is 0 Å². The summed E-state index contributed by atoms with van der Waals surface area (Å²) in [6, 6.07) is 6.20. The molecule has 0 amide bonds. The molecule has 1 aromatic carbocycles. The zero-order valence-corrected chi connectivity index (χ0v) is 8.37.